The molecule has 0 saturated heterocycles. The van der Waals surface area contributed by atoms with E-state index in [1.165, 1.54) is 29.4 Å². The summed E-state index contributed by atoms with van der Waals surface area (Å²) in [7, 11) is 1.34. The summed E-state index contributed by atoms with van der Waals surface area (Å²) in [5, 5.41) is 3.99. The van der Waals surface area contributed by atoms with E-state index in [1.54, 1.807) is 30.5 Å². The minimum Gasteiger partial charge on any atom is -0.465 e. The highest BCUT2D eigenvalue weighted by atomic mass is 16.5. The highest BCUT2D eigenvalue weighted by Gasteiger charge is 2.21. The summed E-state index contributed by atoms with van der Waals surface area (Å²) in [6.45, 7) is 6.07. The lowest BCUT2D eigenvalue weighted by Crippen LogP contribution is -2.32. The summed E-state index contributed by atoms with van der Waals surface area (Å²) < 4.78 is 4.65. The van der Waals surface area contributed by atoms with Gasteiger partial charge in [-0.25, -0.2) is 10.2 Å². The predicted octanol–water partition coefficient (Wildman–Crippen LogP) is 2.56. The summed E-state index contributed by atoms with van der Waals surface area (Å²) in [6.07, 6.45) is 1.55. The van der Waals surface area contributed by atoms with Crippen LogP contribution >= 0.6 is 0 Å². The molecule has 1 aliphatic rings. The Kier molecular flexibility index (Phi) is 5.66. The second-order valence-corrected chi connectivity index (χ2v) is 6.76. The molecule has 0 radical (unpaired) electrons. The lowest BCUT2D eigenvalue weighted by Gasteiger charge is -2.12. The number of hydrogen-bond donors (Lipinski definition) is 1. The first kappa shape index (κ1) is 18.8. The standard InChI is InChI=1S/C21H23N3O3/c1-14-8-18-11-24(12-19(18)9-15(14)2)13-20(25)23-22-10-16-4-6-17(7-5-16)21(26)27-3/h4-10H,11-13H2,1-3H3,(H,23,25)/b22-10-. The molecule has 0 aliphatic carbocycles. The van der Waals surface area contributed by atoms with Crippen molar-refractivity contribution in [3.8, 4) is 0 Å². The number of amides is 1. The molecule has 1 aliphatic heterocycles. The number of aryl methyl sites for hydroxylation is 2. The maximum absolute atomic E-state index is 12.1. The molecule has 2 aromatic rings. The van der Waals surface area contributed by atoms with Crippen molar-refractivity contribution < 1.29 is 14.3 Å². The molecule has 1 heterocycles. The second-order valence-electron chi connectivity index (χ2n) is 6.76. The van der Waals surface area contributed by atoms with Crippen LogP contribution in [0.1, 0.15) is 38.2 Å². The van der Waals surface area contributed by atoms with Gasteiger partial charge in [0.25, 0.3) is 5.91 Å². The first-order valence-electron chi connectivity index (χ1n) is 8.78. The zero-order chi connectivity index (χ0) is 19.4. The Bertz CT molecular complexity index is 857. The molecule has 0 bridgehead atoms. The van der Waals surface area contributed by atoms with E-state index in [9.17, 15) is 9.59 Å². The summed E-state index contributed by atoms with van der Waals surface area (Å²) in [4.78, 5) is 25.6. The van der Waals surface area contributed by atoms with Crippen LogP contribution in [0.3, 0.4) is 0 Å². The molecule has 3 rings (SSSR count). The van der Waals surface area contributed by atoms with Gasteiger partial charge in [-0.3, -0.25) is 9.69 Å². The number of ether oxygens (including phenoxy) is 1. The minimum atomic E-state index is -0.385. The van der Waals surface area contributed by atoms with Gasteiger partial charge in [-0.2, -0.15) is 5.10 Å². The van der Waals surface area contributed by atoms with E-state index in [2.05, 4.69) is 46.1 Å². The van der Waals surface area contributed by atoms with E-state index in [0.717, 1.165) is 18.7 Å². The SMILES string of the molecule is COC(=O)c1ccc(/C=N\NC(=O)CN2Cc3cc(C)c(C)cc3C2)cc1. The molecular weight excluding hydrogens is 342 g/mol. The maximum Gasteiger partial charge on any atom is 0.337 e. The Morgan fingerprint density at radius 3 is 2.26 bits per heavy atom. The Morgan fingerprint density at radius 2 is 1.70 bits per heavy atom. The zero-order valence-electron chi connectivity index (χ0n) is 15.8. The van der Waals surface area contributed by atoms with Crippen molar-refractivity contribution in [3.05, 3.63) is 69.8 Å². The molecule has 0 spiro atoms. The van der Waals surface area contributed by atoms with E-state index < -0.39 is 0 Å². The van der Waals surface area contributed by atoms with Gasteiger partial charge in [-0.05, 0) is 53.8 Å². The van der Waals surface area contributed by atoms with Gasteiger partial charge in [0, 0.05) is 13.1 Å². The van der Waals surface area contributed by atoms with Crippen LogP contribution in [0.4, 0.5) is 0 Å². The van der Waals surface area contributed by atoms with Gasteiger partial charge in [0.1, 0.15) is 0 Å². The van der Waals surface area contributed by atoms with Crippen LogP contribution in [0.5, 0.6) is 0 Å². The van der Waals surface area contributed by atoms with E-state index in [4.69, 9.17) is 0 Å². The molecule has 6 heteroatoms. The van der Waals surface area contributed by atoms with Crippen LogP contribution in [0.25, 0.3) is 0 Å². The Hall–Kier alpha value is -2.99. The van der Waals surface area contributed by atoms with Crippen LogP contribution in [0, 0.1) is 13.8 Å². The molecule has 27 heavy (non-hydrogen) atoms. The highest BCUT2D eigenvalue weighted by molar-refractivity contribution is 5.90. The Labute approximate surface area is 158 Å². The molecule has 0 saturated carbocycles. The number of fused-ring (bicyclic) bond motifs is 1. The molecule has 0 unspecified atom stereocenters. The number of carbonyl (C=O) groups excluding carboxylic acids is 2. The van der Waals surface area contributed by atoms with Gasteiger partial charge in [0.05, 0.1) is 25.4 Å². The van der Waals surface area contributed by atoms with Crippen molar-refractivity contribution in [3.63, 3.8) is 0 Å². The fraction of sp³-hybridized carbons (Fsp3) is 0.286. The number of benzene rings is 2. The normalized spacial score (nSPS) is 13.6. The summed E-state index contributed by atoms with van der Waals surface area (Å²) in [6, 6.07) is 11.2. The summed E-state index contributed by atoms with van der Waals surface area (Å²) in [5.74, 6) is -0.539. The van der Waals surface area contributed by atoms with Gasteiger partial charge in [0.15, 0.2) is 0 Å². The van der Waals surface area contributed by atoms with Gasteiger partial charge in [0.2, 0.25) is 0 Å². The fourth-order valence-electron chi connectivity index (χ4n) is 3.12. The number of esters is 1. The summed E-state index contributed by atoms with van der Waals surface area (Å²) >= 11 is 0. The van der Waals surface area contributed by atoms with Crippen molar-refractivity contribution in [1.29, 1.82) is 0 Å². The van der Waals surface area contributed by atoms with E-state index >= 15 is 0 Å². The van der Waals surface area contributed by atoms with Crippen LogP contribution in [0.2, 0.25) is 0 Å². The number of methoxy groups -OCH3 is 1. The smallest absolute Gasteiger partial charge is 0.337 e. The van der Waals surface area contributed by atoms with Crippen molar-refractivity contribution in [2.24, 2.45) is 5.10 Å². The van der Waals surface area contributed by atoms with Crippen molar-refractivity contribution in [1.82, 2.24) is 10.3 Å². The molecule has 6 nitrogen and oxygen atoms in total. The second kappa shape index (κ2) is 8.14. The van der Waals surface area contributed by atoms with E-state index in [0.29, 0.717) is 12.1 Å². The number of hydrazone groups is 1. The monoisotopic (exact) mass is 365 g/mol. The average molecular weight is 365 g/mol. The summed E-state index contributed by atoms with van der Waals surface area (Å²) in [5.41, 5.74) is 8.95. The van der Waals surface area contributed by atoms with Gasteiger partial charge >= 0.3 is 5.97 Å². The maximum atomic E-state index is 12.1. The quantitative estimate of drug-likeness (QED) is 0.502. The van der Waals surface area contributed by atoms with E-state index in [-0.39, 0.29) is 11.9 Å². The van der Waals surface area contributed by atoms with Gasteiger partial charge in [-0.1, -0.05) is 24.3 Å². The number of carbonyl (C=O) groups is 2. The largest absolute Gasteiger partial charge is 0.465 e. The van der Waals surface area contributed by atoms with Crippen molar-refractivity contribution in [2.75, 3.05) is 13.7 Å². The van der Waals surface area contributed by atoms with Crippen LogP contribution in [0.15, 0.2) is 41.5 Å². The molecule has 1 N–H and O–H groups in total. The number of hydrogen-bond acceptors (Lipinski definition) is 5. The third-order valence-electron chi connectivity index (χ3n) is 4.71. The molecular formula is C21H23N3O3. The van der Waals surface area contributed by atoms with Crippen LogP contribution < -0.4 is 5.43 Å². The molecule has 2 aromatic carbocycles. The lowest BCUT2D eigenvalue weighted by molar-refractivity contribution is -0.122. The molecule has 0 atom stereocenters. The average Bonchev–Trinajstić information content (AvgIpc) is 3.02. The lowest BCUT2D eigenvalue weighted by atomic mass is 10.0. The molecule has 0 fully saturated rings. The highest BCUT2D eigenvalue weighted by Crippen LogP contribution is 2.25. The Balaban J connectivity index is 1.50. The zero-order valence-corrected chi connectivity index (χ0v) is 15.8. The first-order chi connectivity index (χ1) is 13.0. The molecule has 140 valence electrons. The fourth-order valence-corrected chi connectivity index (χ4v) is 3.12. The minimum absolute atomic E-state index is 0.154. The third kappa shape index (κ3) is 4.60. The molecule has 0 aromatic heterocycles. The number of nitrogens with one attached hydrogen (secondary N) is 1. The van der Waals surface area contributed by atoms with Gasteiger partial charge < -0.3 is 4.74 Å². The predicted molar refractivity (Wildman–Crippen MR) is 104 cm³/mol. The topological polar surface area (TPSA) is 71.0 Å². The van der Waals surface area contributed by atoms with E-state index in [1.807, 2.05) is 0 Å². The number of nitrogens with zero attached hydrogens (tertiary/aromatic N) is 2. The first-order valence-corrected chi connectivity index (χ1v) is 8.78. The molecule has 1 amide bonds. The Morgan fingerprint density at radius 1 is 1.11 bits per heavy atom. The van der Waals surface area contributed by atoms with Gasteiger partial charge in [-0.15, -0.1) is 0 Å². The van der Waals surface area contributed by atoms with Crippen molar-refractivity contribution >= 4 is 18.1 Å². The third-order valence-corrected chi connectivity index (χ3v) is 4.71. The van der Waals surface area contributed by atoms with Crippen LogP contribution in [-0.2, 0) is 22.6 Å². The number of rotatable bonds is 5. The van der Waals surface area contributed by atoms with Crippen LogP contribution in [-0.4, -0.2) is 36.6 Å². The van der Waals surface area contributed by atoms with Crippen molar-refractivity contribution in [2.45, 2.75) is 26.9 Å².